The second-order valence-electron chi connectivity index (χ2n) is 4.37. The molecule has 0 aliphatic carbocycles. The molecule has 0 atom stereocenters. The first-order chi connectivity index (χ1) is 9.69. The average Bonchev–Trinajstić information content (AvgIpc) is 2.76. The quantitative estimate of drug-likeness (QED) is 0.854. The predicted octanol–water partition coefficient (Wildman–Crippen LogP) is 3.73. The van der Waals surface area contributed by atoms with E-state index in [1.165, 1.54) is 18.9 Å². The van der Waals surface area contributed by atoms with Gasteiger partial charge in [0.25, 0.3) is 0 Å². The molecule has 100 valence electrons. The van der Waals surface area contributed by atoms with Crippen LogP contribution in [0.2, 0.25) is 0 Å². The number of Topliss-reactive ketones (excluding diaryl/α,β-unsaturated/α-hetero) is 1. The molecule has 0 amide bonds. The minimum absolute atomic E-state index is 0.0286. The van der Waals surface area contributed by atoms with E-state index in [0.717, 1.165) is 16.0 Å². The summed E-state index contributed by atoms with van der Waals surface area (Å²) in [6, 6.07) is 12.6. The third-order valence-electron chi connectivity index (χ3n) is 3.08. The molecule has 1 N–H and O–H groups in total. The van der Waals surface area contributed by atoms with Crippen molar-refractivity contribution < 1.29 is 14.6 Å². The lowest BCUT2D eigenvalue weighted by molar-refractivity contribution is 0.104. The van der Waals surface area contributed by atoms with Crippen molar-refractivity contribution >= 4 is 23.6 Å². The molecule has 3 rings (SSSR count). The number of hydrogen-bond acceptors (Lipinski definition) is 4. The van der Waals surface area contributed by atoms with E-state index in [1.54, 1.807) is 18.2 Å². The van der Waals surface area contributed by atoms with Crippen molar-refractivity contribution in [1.82, 2.24) is 0 Å². The third kappa shape index (κ3) is 2.18. The minimum atomic E-state index is 0.0286. The lowest BCUT2D eigenvalue weighted by atomic mass is 10.1. The van der Waals surface area contributed by atoms with Gasteiger partial charge in [-0.1, -0.05) is 30.0 Å². The lowest BCUT2D eigenvalue weighted by Crippen LogP contribution is -1.93. The maximum Gasteiger partial charge on any atom is 0.200 e. The zero-order valence-corrected chi connectivity index (χ0v) is 11.6. The highest BCUT2D eigenvalue weighted by molar-refractivity contribution is 8.04. The Kier molecular flexibility index (Phi) is 3.24. The summed E-state index contributed by atoms with van der Waals surface area (Å²) in [6.45, 7) is 0. The Morgan fingerprint density at radius 2 is 2.00 bits per heavy atom. The Morgan fingerprint density at radius 3 is 2.70 bits per heavy atom. The summed E-state index contributed by atoms with van der Waals surface area (Å²) in [4.78, 5) is 13.9. The van der Waals surface area contributed by atoms with Crippen molar-refractivity contribution in [1.29, 1.82) is 0 Å². The third-order valence-corrected chi connectivity index (χ3v) is 4.18. The summed E-state index contributed by atoms with van der Waals surface area (Å²) in [7, 11) is 1.50. The van der Waals surface area contributed by atoms with Gasteiger partial charge in [0.05, 0.1) is 12.0 Å². The van der Waals surface area contributed by atoms with Gasteiger partial charge in [-0.25, -0.2) is 0 Å². The number of methoxy groups -OCH3 is 1. The number of carbonyl (C=O) groups is 1. The Morgan fingerprint density at radius 1 is 1.20 bits per heavy atom. The topological polar surface area (TPSA) is 46.5 Å². The SMILES string of the molecule is COc1ccc(/C=C2\Sc3ccccc3C2=O)cc1O. The number of rotatable bonds is 2. The fourth-order valence-electron chi connectivity index (χ4n) is 2.08. The molecule has 2 aromatic rings. The number of aromatic hydroxyl groups is 1. The van der Waals surface area contributed by atoms with Crippen LogP contribution in [0, 0.1) is 0 Å². The van der Waals surface area contributed by atoms with Gasteiger partial charge in [-0.15, -0.1) is 0 Å². The van der Waals surface area contributed by atoms with E-state index < -0.39 is 0 Å². The largest absolute Gasteiger partial charge is 0.504 e. The highest BCUT2D eigenvalue weighted by Gasteiger charge is 2.25. The monoisotopic (exact) mass is 284 g/mol. The van der Waals surface area contributed by atoms with Crippen LogP contribution < -0.4 is 4.74 Å². The molecule has 0 unspecified atom stereocenters. The average molecular weight is 284 g/mol. The van der Waals surface area contributed by atoms with Crippen molar-refractivity contribution in [3.8, 4) is 11.5 Å². The lowest BCUT2D eigenvalue weighted by Gasteiger charge is -2.03. The van der Waals surface area contributed by atoms with Crippen molar-refractivity contribution in [3.63, 3.8) is 0 Å². The molecule has 1 aliphatic heterocycles. The first-order valence-electron chi connectivity index (χ1n) is 6.09. The number of ether oxygens (including phenoxy) is 1. The Labute approximate surface area is 120 Å². The first kappa shape index (κ1) is 12.8. The number of fused-ring (bicyclic) bond motifs is 1. The smallest absolute Gasteiger partial charge is 0.200 e. The summed E-state index contributed by atoms with van der Waals surface area (Å²) < 4.78 is 5.00. The maximum atomic E-state index is 12.2. The number of phenols is 1. The zero-order valence-electron chi connectivity index (χ0n) is 10.8. The van der Waals surface area contributed by atoms with Crippen molar-refractivity contribution in [3.05, 3.63) is 58.5 Å². The molecule has 0 saturated heterocycles. The van der Waals surface area contributed by atoms with Crippen LogP contribution in [0.25, 0.3) is 6.08 Å². The van der Waals surface area contributed by atoms with Crippen LogP contribution in [0.3, 0.4) is 0 Å². The molecule has 1 heterocycles. The van der Waals surface area contributed by atoms with E-state index in [0.29, 0.717) is 10.7 Å². The van der Waals surface area contributed by atoms with E-state index in [4.69, 9.17) is 4.74 Å². The van der Waals surface area contributed by atoms with Gasteiger partial charge in [0.15, 0.2) is 11.5 Å². The summed E-state index contributed by atoms with van der Waals surface area (Å²) >= 11 is 1.45. The molecule has 0 spiro atoms. The van der Waals surface area contributed by atoms with Crippen molar-refractivity contribution in [2.75, 3.05) is 7.11 Å². The van der Waals surface area contributed by atoms with Gasteiger partial charge in [0.1, 0.15) is 0 Å². The van der Waals surface area contributed by atoms with Crippen LogP contribution in [0.1, 0.15) is 15.9 Å². The predicted molar refractivity (Wildman–Crippen MR) is 79.3 cm³/mol. The van der Waals surface area contributed by atoms with Crippen LogP contribution >= 0.6 is 11.8 Å². The number of phenolic OH excluding ortho intramolecular Hbond substituents is 1. The van der Waals surface area contributed by atoms with Crippen LogP contribution in [-0.2, 0) is 0 Å². The molecular weight excluding hydrogens is 272 g/mol. The molecule has 0 radical (unpaired) electrons. The van der Waals surface area contributed by atoms with E-state index in [2.05, 4.69) is 0 Å². The Hall–Kier alpha value is -2.20. The number of allylic oxidation sites excluding steroid dienone is 1. The highest BCUT2D eigenvalue weighted by atomic mass is 32.2. The molecule has 20 heavy (non-hydrogen) atoms. The van der Waals surface area contributed by atoms with Crippen molar-refractivity contribution in [2.24, 2.45) is 0 Å². The molecule has 3 nitrogen and oxygen atoms in total. The molecule has 2 aromatic carbocycles. The van der Waals surface area contributed by atoms with Crippen LogP contribution in [0.5, 0.6) is 11.5 Å². The van der Waals surface area contributed by atoms with Gasteiger partial charge in [-0.3, -0.25) is 4.79 Å². The molecule has 0 bridgehead atoms. The molecule has 1 aliphatic rings. The van der Waals surface area contributed by atoms with Crippen LogP contribution in [0.15, 0.2) is 52.3 Å². The normalized spacial score (nSPS) is 15.4. The second-order valence-corrected chi connectivity index (χ2v) is 5.45. The Bertz CT molecular complexity index is 719. The number of carbonyl (C=O) groups excluding carboxylic acids is 1. The molecule has 4 heteroatoms. The van der Waals surface area contributed by atoms with E-state index in [-0.39, 0.29) is 11.5 Å². The first-order valence-corrected chi connectivity index (χ1v) is 6.91. The summed E-state index contributed by atoms with van der Waals surface area (Å²) in [5.74, 6) is 0.511. The van der Waals surface area contributed by atoms with E-state index in [9.17, 15) is 9.90 Å². The fourth-order valence-corrected chi connectivity index (χ4v) is 3.14. The second kappa shape index (κ2) is 5.06. The maximum absolute atomic E-state index is 12.2. The zero-order chi connectivity index (χ0) is 14.1. The number of ketones is 1. The van der Waals surface area contributed by atoms with E-state index in [1.807, 2.05) is 30.3 Å². The van der Waals surface area contributed by atoms with Gasteiger partial charge >= 0.3 is 0 Å². The molecular formula is C16H12O3S. The molecule has 0 aromatic heterocycles. The van der Waals surface area contributed by atoms with E-state index >= 15 is 0 Å². The van der Waals surface area contributed by atoms with Crippen LogP contribution in [0.4, 0.5) is 0 Å². The van der Waals surface area contributed by atoms with Crippen LogP contribution in [-0.4, -0.2) is 18.0 Å². The minimum Gasteiger partial charge on any atom is -0.504 e. The summed E-state index contributed by atoms with van der Waals surface area (Å²) in [5.41, 5.74) is 1.51. The fraction of sp³-hybridized carbons (Fsp3) is 0.0625. The number of hydrogen-bond donors (Lipinski definition) is 1. The van der Waals surface area contributed by atoms with Gasteiger partial charge in [0, 0.05) is 10.5 Å². The highest BCUT2D eigenvalue weighted by Crippen LogP contribution is 2.41. The summed E-state index contributed by atoms with van der Waals surface area (Å²) in [6.07, 6.45) is 1.78. The van der Waals surface area contributed by atoms with Gasteiger partial charge < -0.3 is 9.84 Å². The standard InChI is InChI=1S/C16H12O3S/c1-19-13-7-6-10(8-12(13)17)9-15-16(18)11-4-2-3-5-14(11)20-15/h2-9,17H,1H3/b15-9-. The van der Waals surface area contributed by atoms with Crippen molar-refractivity contribution in [2.45, 2.75) is 4.90 Å². The number of thioether (sulfide) groups is 1. The number of benzene rings is 2. The Balaban J connectivity index is 1.95. The van der Waals surface area contributed by atoms with Gasteiger partial charge in [-0.2, -0.15) is 0 Å². The molecule has 0 fully saturated rings. The van der Waals surface area contributed by atoms with Gasteiger partial charge in [0.2, 0.25) is 5.78 Å². The van der Waals surface area contributed by atoms with Gasteiger partial charge in [-0.05, 0) is 35.9 Å². The summed E-state index contributed by atoms with van der Waals surface area (Å²) in [5, 5.41) is 9.76. The molecule has 0 saturated carbocycles.